The molecule has 1 atom stereocenters. The number of nitrogens with zero attached hydrogens (tertiary/aromatic N) is 1. The third-order valence-corrected chi connectivity index (χ3v) is 6.83. The number of amides is 1. The van der Waals surface area contributed by atoms with Gasteiger partial charge >= 0.3 is 0 Å². The van der Waals surface area contributed by atoms with E-state index in [2.05, 4.69) is 6.92 Å². The number of carbonyl (C=O) groups excluding carboxylic acids is 2. The molecule has 6 nitrogen and oxygen atoms in total. The fraction of sp³-hybridized carbons (Fsp3) is 0.176. The molecule has 1 heterocycles. The summed E-state index contributed by atoms with van der Waals surface area (Å²) in [5.74, 6) is -0.902. The van der Waals surface area contributed by atoms with E-state index in [-0.39, 0.29) is 17.0 Å². The Morgan fingerprint density at radius 1 is 0.829 bits per heavy atom. The zero-order chi connectivity index (χ0) is 28.8. The van der Waals surface area contributed by atoms with Crippen molar-refractivity contribution in [2.75, 3.05) is 11.5 Å². The molecule has 0 aliphatic carbocycles. The van der Waals surface area contributed by atoms with E-state index in [9.17, 15) is 19.1 Å². The lowest BCUT2D eigenvalue weighted by molar-refractivity contribution is -0.132. The second-order valence-electron chi connectivity index (χ2n) is 9.72. The molecule has 0 aromatic heterocycles. The minimum Gasteiger partial charge on any atom is -0.507 e. The first-order valence-corrected chi connectivity index (χ1v) is 13.6. The molecule has 4 aromatic rings. The van der Waals surface area contributed by atoms with Crippen LogP contribution in [0.2, 0.25) is 0 Å². The van der Waals surface area contributed by atoms with Crippen LogP contribution in [0.1, 0.15) is 43.4 Å². The zero-order valence-corrected chi connectivity index (χ0v) is 22.6. The highest BCUT2D eigenvalue weighted by molar-refractivity contribution is 6.51. The van der Waals surface area contributed by atoms with Crippen molar-refractivity contribution in [3.63, 3.8) is 0 Å². The summed E-state index contributed by atoms with van der Waals surface area (Å²) in [5, 5.41) is 11.4. The Hall–Kier alpha value is -4.91. The Labute approximate surface area is 238 Å². The molecule has 0 saturated carbocycles. The molecular formula is C34H30FNO5. The van der Waals surface area contributed by atoms with Gasteiger partial charge < -0.3 is 14.6 Å². The number of aliphatic hydroxyl groups is 1. The van der Waals surface area contributed by atoms with Crippen LogP contribution in [0, 0.1) is 5.82 Å². The van der Waals surface area contributed by atoms with Crippen molar-refractivity contribution in [3.05, 3.63) is 126 Å². The average molecular weight is 552 g/mol. The summed E-state index contributed by atoms with van der Waals surface area (Å²) in [6.07, 6.45) is 3.10. The summed E-state index contributed by atoms with van der Waals surface area (Å²) in [4.78, 5) is 28.1. The normalized spacial score (nSPS) is 16.1. The van der Waals surface area contributed by atoms with E-state index >= 15 is 0 Å². The van der Waals surface area contributed by atoms with Crippen molar-refractivity contribution >= 4 is 23.1 Å². The molecule has 1 N–H and O–H groups in total. The second-order valence-corrected chi connectivity index (χ2v) is 9.72. The van der Waals surface area contributed by atoms with Crippen molar-refractivity contribution in [2.24, 2.45) is 0 Å². The maximum Gasteiger partial charge on any atom is 0.300 e. The van der Waals surface area contributed by atoms with Crippen LogP contribution >= 0.6 is 0 Å². The van der Waals surface area contributed by atoms with Crippen LogP contribution in [0.25, 0.3) is 5.76 Å². The highest BCUT2D eigenvalue weighted by Crippen LogP contribution is 2.43. The summed E-state index contributed by atoms with van der Waals surface area (Å²) in [7, 11) is 0. The minimum absolute atomic E-state index is 0.104. The van der Waals surface area contributed by atoms with Gasteiger partial charge in [-0.05, 0) is 78.7 Å². The Morgan fingerprint density at radius 3 is 2.29 bits per heavy atom. The number of hydrogen-bond donors (Lipinski definition) is 1. The van der Waals surface area contributed by atoms with Crippen LogP contribution in [-0.2, 0) is 9.59 Å². The number of ether oxygens (including phenoxy) is 2. The van der Waals surface area contributed by atoms with Gasteiger partial charge in [-0.15, -0.1) is 0 Å². The van der Waals surface area contributed by atoms with Crippen LogP contribution in [0.15, 0.2) is 109 Å². The van der Waals surface area contributed by atoms with Crippen molar-refractivity contribution in [2.45, 2.75) is 32.2 Å². The van der Waals surface area contributed by atoms with Gasteiger partial charge in [-0.25, -0.2) is 4.39 Å². The van der Waals surface area contributed by atoms with E-state index in [1.807, 2.05) is 30.3 Å². The van der Waals surface area contributed by atoms with Gasteiger partial charge in [0.2, 0.25) is 0 Å². The van der Waals surface area contributed by atoms with Gasteiger partial charge in [-0.1, -0.05) is 56.2 Å². The van der Waals surface area contributed by atoms with Gasteiger partial charge in [0.15, 0.2) is 0 Å². The number of Topliss-reactive ketones (excluding diaryl/α,β-unsaturated/α-hetero) is 1. The Kier molecular flexibility index (Phi) is 8.44. The van der Waals surface area contributed by atoms with E-state index in [0.717, 1.165) is 19.3 Å². The summed E-state index contributed by atoms with van der Waals surface area (Å²) in [6.45, 7) is 2.70. The molecule has 1 aliphatic heterocycles. The number of ketones is 1. The number of unbranched alkanes of at least 4 members (excludes halogenated alkanes) is 2. The maximum absolute atomic E-state index is 14.3. The predicted molar refractivity (Wildman–Crippen MR) is 156 cm³/mol. The van der Waals surface area contributed by atoms with E-state index in [0.29, 0.717) is 35.0 Å². The Balaban J connectivity index is 1.56. The molecule has 1 unspecified atom stereocenters. The monoisotopic (exact) mass is 551 g/mol. The second kappa shape index (κ2) is 12.5. The number of para-hydroxylation sites is 1. The molecule has 1 saturated heterocycles. The first kappa shape index (κ1) is 27.6. The van der Waals surface area contributed by atoms with Crippen LogP contribution in [0.5, 0.6) is 17.2 Å². The summed E-state index contributed by atoms with van der Waals surface area (Å²) >= 11 is 0. The van der Waals surface area contributed by atoms with Gasteiger partial charge in [0, 0.05) is 11.3 Å². The number of hydrogen-bond acceptors (Lipinski definition) is 5. The van der Waals surface area contributed by atoms with Crippen LogP contribution in [0.3, 0.4) is 0 Å². The molecule has 1 aliphatic rings. The van der Waals surface area contributed by atoms with E-state index in [4.69, 9.17) is 9.47 Å². The molecular weight excluding hydrogens is 521 g/mol. The largest absolute Gasteiger partial charge is 0.507 e. The summed E-state index contributed by atoms with van der Waals surface area (Å²) < 4.78 is 26.0. The quantitative estimate of drug-likeness (QED) is 0.0941. The highest BCUT2D eigenvalue weighted by atomic mass is 19.1. The molecule has 41 heavy (non-hydrogen) atoms. The smallest absolute Gasteiger partial charge is 0.300 e. The third-order valence-electron chi connectivity index (χ3n) is 6.83. The number of carbonyl (C=O) groups is 2. The summed E-state index contributed by atoms with van der Waals surface area (Å²) in [5.41, 5.74) is 0.957. The first-order valence-electron chi connectivity index (χ1n) is 13.6. The number of anilines is 1. The molecule has 7 heteroatoms. The molecule has 208 valence electrons. The van der Waals surface area contributed by atoms with E-state index in [1.54, 1.807) is 54.6 Å². The highest BCUT2D eigenvalue weighted by Gasteiger charge is 2.47. The van der Waals surface area contributed by atoms with Gasteiger partial charge in [-0.3, -0.25) is 14.5 Å². The molecule has 5 rings (SSSR count). The number of benzene rings is 4. The topological polar surface area (TPSA) is 76.1 Å². The average Bonchev–Trinajstić information content (AvgIpc) is 3.26. The zero-order valence-electron chi connectivity index (χ0n) is 22.6. The SMILES string of the molecule is CCCCCOc1ccc(/C(O)=C2\C(=O)C(=O)N(c3cccc(F)c3)C2c2cccc(Oc3ccccc3)c2)cc1. The van der Waals surface area contributed by atoms with Crippen molar-refractivity contribution in [1.82, 2.24) is 0 Å². The summed E-state index contributed by atoms with van der Waals surface area (Å²) in [6, 6.07) is 27.3. The number of aliphatic hydroxyl groups excluding tert-OH is 1. The Bertz CT molecular complexity index is 1570. The lowest BCUT2D eigenvalue weighted by Gasteiger charge is -2.26. The van der Waals surface area contributed by atoms with Gasteiger partial charge in [0.25, 0.3) is 11.7 Å². The van der Waals surface area contributed by atoms with E-state index < -0.39 is 23.5 Å². The predicted octanol–water partition coefficient (Wildman–Crippen LogP) is 7.81. The van der Waals surface area contributed by atoms with Crippen LogP contribution in [-0.4, -0.2) is 23.4 Å². The Morgan fingerprint density at radius 2 is 1.56 bits per heavy atom. The van der Waals surface area contributed by atoms with E-state index in [1.165, 1.54) is 23.1 Å². The van der Waals surface area contributed by atoms with Crippen LogP contribution in [0.4, 0.5) is 10.1 Å². The third kappa shape index (κ3) is 6.14. The maximum atomic E-state index is 14.3. The van der Waals surface area contributed by atoms with Crippen molar-refractivity contribution in [3.8, 4) is 17.2 Å². The molecule has 1 amide bonds. The van der Waals surface area contributed by atoms with Crippen LogP contribution < -0.4 is 14.4 Å². The number of rotatable bonds is 10. The number of halogens is 1. The minimum atomic E-state index is -1.03. The standard InChI is InChI=1S/C34H30FNO5/c1-2-3-7-20-40-27-18-16-23(17-19-27)32(37)30-31(36(34(39)33(30)38)26-12-9-11-25(35)22-26)24-10-8-15-29(21-24)41-28-13-5-4-6-14-28/h4-6,8-19,21-22,31,37H,2-3,7,20H2,1H3/b32-30+. The lowest BCUT2D eigenvalue weighted by Crippen LogP contribution is -2.29. The van der Waals surface area contributed by atoms with Gasteiger partial charge in [0.05, 0.1) is 18.2 Å². The van der Waals surface area contributed by atoms with Gasteiger partial charge in [-0.2, -0.15) is 0 Å². The van der Waals surface area contributed by atoms with Gasteiger partial charge in [0.1, 0.15) is 28.8 Å². The lowest BCUT2D eigenvalue weighted by atomic mass is 9.95. The molecule has 0 spiro atoms. The molecule has 1 fully saturated rings. The molecule has 4 aromatic carbocycles. The molecule has 0 radical (unpaired) electrons. The first-order chi connectivity index (χ1) is 20.0. The van der Waals surface area contributed by atoms with Crippen molar-refractivity contribution < 1.29 is 28.6 Å². The fourth-order valence-corrected chi connectivity index (χ4v) is 4.82. The molecule has 0 bridgehead atoms. The van der Waals surface area contributed by atoms with Crippen molar-refractivity contribution in [1.29, 1.82) is 0 Å². The fourth-order valence-electron chi connectivity index (χ4n) is 4.82.